The summed E-state index contributed by atoms with van der Waals surface area (Å²) in [6.07, 6.45) is 5.95. The first-order chi connectivity index (χ1) is 14.0. The second-order valence-corrected chi connectivity index (χ2v) is 8.10. The molecule has 0 spiro atoms. The molecule has 1 aromatic carbocycles. The quantitative estimate of drug-likeness (QED) is 0.496. The normalized spacial score (nSPS) is 14.6. The van der Waals surface area contributed by atoms with Gasteiger partial charge in [0.2, 0.25) is 5.88 Å². The number of rotatable bonds is 6. The van der Waals surface area contributed by atoms with Crippen LogP contribution < -0.4 is 4.74 Å². The van der Waals surface area contributed by atoms with E-state index in [1.807, 2.05) is 49.0 Å². The number of fused-ring (bicyclic) bond motifs is 2. The summed E-state index contributed by atoms with van der Waals surface area (Å²) in [7, 11) is 1.71. The number of nitrogens with zero attached hydrogens (tertiary/aromatic N) is 5. The van der Waals surface area contributed by atoms with Gasteiger partial charge in [0.1, 0.15) is 18.1 Å². The van der Waals surface area contributed by atoms with E-state index >= 15 is 0 Å². The van der Waals surface area contributed by atoms with Crippen molar-refractivity contribution in [2.45, 2.75) is 44.9 Å². The van der Waals surface area contributed by atoms with Gasteiger partial charge in [-0.05, 0) is 44.9 Å². The molecule has 0 atom stereocenters. The van der Waals surface area contributed by atoms with E-state index < -0.39 is 0 Å². The number of hydrogen-bond acceptors (Lipinski definition) is 6. The van der Waals surface area contributed by atoms with Crippen LogP contribution >= 0.6 is 0 Å². The van der Waals surface area contributed by atoms with Crippen LogP contribution in [0.4, 0.5) is 0 Å². The largest absolute Gasteiger partial charge is 0.474 e. The van der Waals surface area contributed by atoms with Gasteiger partial charge in [-0.3, -0.25) is 0 Å². The minimum atomic E-state index is -0.355. The maximum atomic E-state index is 5.81. The standard InChI is InChI=1S/C22H23N5O2/c1-22(2,28-3)12-27-21-17(11-23-13-24-21)20(26-27)15-4-8-18-14(10-15)5-9-19(25-18)29-16-6-7-16/h4-5,8-11,13,16H,6-7,12H2,1-3H3. The summed E-state index contributed by atoms with van der Waals surface area (Å²) >= 11 is 0. The highest BCUT2D eigenvalue weighted by atomic mass is 16.5. The molecule has 5 rings (SSSR count). The lowest BCUT2D eigenvalue weighted by Gasteiger charge is -2.22. The topological polar surface area (TPSA) is 75.0 Å². The van der Waals surface area contributed by atoms with Gasteiger partial charge in [-0.15, -0.1) is 0 Å². The van der Waals surface area contributed by atoms with Crippen molar-refractivity contribution < 1.29 is 9.47 Å². The third kappa shape index (κ3) is 3.53. The van der Waals surface area contributed by atoms with Crippen LogP contribution in [0.3, 0.4) is 0 Å². The molecule has 0 N–H and O–H groups in total. The van der Waals surface area contributed by atoms with Crippen molar-refractivity contribution in [1.82, 2.24) is 24.7 Å². The Hall–Kier alpha value is -3.06. The summed E-state index contributed by atoms with van der Waals surface area (Å²) in [4.78, 5) is 13.3. The maximum absolute atomic E-state index is 5.81. The monoisotopic (exact) mass is 389 g/mol. The predicted molar refractivity (Wildman–Crippen MR) is 111 cm³/mol. The van der Waals surface area contributed by atoms with Crippen LogP contribution in [-0.2, 0) is 11.3 Å². The van der Waals surface area contributed by atoms with Crippen LogP contribution in [0, 0.1) is 0 Å². The SMILES string of the molecule is COC(C)(C)Cn1nc(-c2ccc3nc(OC4CC4)ccc3c2)c2cncnc21. The lowest BCUT2D eigenvalue weighted by Crippen LogP contribution is -2.29. The molecule has 4 aromatic rings. The van der Waals surface area contributed by atoms with Crippen molar-refractivity contribution in [3.8, 4) is 17.1 Å². The Kier molecular flexibility index (Phi) is 4.20. The first-order valence-corrected chi connectivity index (χ1v) is 9.82. The van der Waals surface area contributed by atoms with Crippen LogP contribution in [-0.4, -0.2) is 43.5 Å². The number of hydrogen-bond donors (Lipinski definition) is 0. The molecule has 1 saturated carbocycles. The summed E-state index contributed by atoms with van der Waals surface area (Å²) in [5, 5.41) is 6.81. The molecule has 3 aromatic heterocycles. The van der Waals surface area contributed by atoms with E-state index in [0.29, 0.717) is 18.5 Å². The Morgan fingerprint density at radius 3 is 2.83 bits per heavy atom. The van der Waals surface area contributed by atoms with Gasteiger partial charge in [0, 0.05) is 30.3 Å². The van der Waals surface area contributed by atoms with Gasteiger partial charge in [0.05, 0.1) is 23.0 Å². The molecule has 0 amide bonds. The zero-order valence-electron chi connectivity index (χ0n) is 16.8. The molecule has 29 heavy (non-hydrogen) atoms. The molecule has 1 aliphatic rings. The van der Waals surface area contributed by atoms with E-state index in [4.69, 9.17) is 14.6 Å². The van der Waals surface area contributed by atoms with Crippen molar-refractivity contribution in [2.75, 3.05) is 7.11 Å². The van der Waals surface area contributed by atoms with E-state index in [1.54, 1.807) is 13.4 Å². The van der Waals surface area contributed by atoms with Crippen molar-refractivity contribution >= 4 is 21.9 Å². The first-order valence-electron chi connectivity index (χ1n) is 9.82. The molecule has 0 saturated heterocycles. The minimum Gasteiger partial charge on any atom is -0.474 e. The molecule has 0 bridgehead atoms. The Morgan fingerprint density at radius 1 is 1.17 bits per heavy atom. The molecule has 1 fully saturated rings. The van der Waals surface area contributed by atoms with Gasteiger partial charge < -0.3 is 9.47 Å². The summed E-state index contributed by atoms with van der Waals surface area (Å²) in [6.45, 7) is 4.66. The molecule has 0 radical (unpaired) electrons. The number of methoxy groups -OCH3 is 1. The third-order valence-corrected chi connectivity index (χ3v) is 5.24. The third-order valence-electron chi connectivity index (χ3n) is 5.24. The summed E-state index contributed by atoms with van der Waals surface area (Å²) in [5.41, 5.74) is 3.21. The van der Waals surface area contributed by atoms with Gasteiger partial charge in [-0.1, -0.05) is 6.07 Å². The van der Waals surface area contributed by atoms with Gasteiger partial charge >= 0.3 is 0 Å². The summed E-state index contributed by atoms with van der Waals surface area (Å²) < 4.78 is 13.3. The minimum absolute atomic E-state index is 0.339. The lowest BCUT2D eigenvalue weighted by molar-refractivity contribution is 0.00635. The van der Waals surface area contributed by atoms with Crippen LogP contribution in [0.15, 0.2) is 42.9 Å². The fourth-order valence-corrected chi connectivity index (χ4v) is 3.34. The molecular weight excluding hydrogens is 366 g/mol. The van der Waals surface area contributed by atoms with E-state index in [2.05, 4.69) is 21.0 Å². The zero-order valence-corrected chi connectivity index (χ0v) is 16.8. The molecule has 1 aliphatic carbocycles. The number of pyridine rings is 1. The molecule has 3 heterocycles. The van der Waals surface area contributed by atoms with Gasteiger partial charge in [-0.25, -0.2) is 19.6 Å². The zero-order chi connectivity index (χ0) is 20.0. The van der Waals surface area contributed by atoms with E-state index in [1.165, 1.54) is 0 Å². The Labute approximate surface area is 168 Å². The fraction of sp³-hybridized carbons (Fsp3) is 0.364. The average Bonchev–Trinajstić information content (AvgIpc) is 3.48. The molecule has 7 heteroatoms. The Morgan fingerprint density at radius 2 is 2.03 bits per heavy atom. The van der Waals surface area contributed by atoms with Gasteiger partial charge in [-0.2, -0.15) is 5.10 Å². The second-order valence-electron chi connectivity index (χ2n) is 8.10. The van der Waals surface area contributed by atoms with Crippen molar-refractivity contribution in [1.29, 1.82) is 0 Å². The fourth-order valence-electron chi connectivity index (χ4n) is 3.34. The molecule has 0 unspecified atom stereocenters. The lowest BCUT2D eigenvalue weighted by atomic mass is 10.1. The Balaban J connectivity index is 1.56. The number of benzene rings is 1. The highest BCUT2D eigenvalue weighted by Crippen LogP contribution is 2.31. The summed E-state index contributed by atoms with van der Waals surface area (Å²) in [6, 6.07) is 10.1. The van der Waals surface area contributed by atoms with Crippen LogP contribution in [0.5, 0.6) is 5.88 Å². The van der Waals surface area contributed by atoms with E-state index in [9.17, 15) is 0 Å². The highest BCUT2D eigenvalue weighted by Gasteiger charge is 2.24. The number of ether oxygens (including phenoxy) is 2. The molecular formula is C22H23N5O2. The van der Waals surface area contributed by atoms with E-state index in [0.717, 1.165) is 46.0 Å². The molecule has 148 valence electrons. The summed E-state index contributed by atoms with van der Waals surface area (Å²) in [5.74, 6) is 0.692. The maximum Gasteiger partial charge on any atom is 0.214 e. The highest BCUT2D eigenvalue weighted by molar-refractivity contribution is 5.93. The van der Waals surface area contributed by atoms with Gasteiger partial charge in [0.25, 0.3) is 0 Å². The number of aromatic nitrogens is 5. The van der Waals surface area contributed by atoms with Crippen molar-refractivity contribution in [2.24, 2.45) is 0 Å². The molecule has 7 nitrogen and oxygen atoms in total. The van der Waals surface area contributed by atoms with Crippen LogP contribution in [0.25, 0.3) is 33.2 Å². The average molecular weight is 389 g/mol. The van der Waals surface area contributed by atoms with Crippen molar-refractivity contribution in [3.05, 3.63) is 42.9 Å². The van der Waals surface area contributed by atoms with Crippen LogP contribution in [0.2, 0.25) is 0 Å². The van der Waals surface area contributed by atoms with Gasteiger partial charge in [0.15, 0.2) is 5.65 Å². The predicted octanol–water partition coefficient (Wildman–Crippen LogP) is 4.01. The smallest absolute Gasteiger partial charge is 0.214 e. The molecule has 0 aliphatic heterocycles. The second kappa shape index (κ2) is 6.77. The van der Waals surface area contributed by atoms with Crippen molar-refractivity contribution in [3.63, 3.8) is 0 Å². The Bertz CT molecular complexity index is 1200. The van der Waals surface area contributed by atoms with Crippen LogP contribution in [0.1, 0.15) is 26.7 Å². The van der Waals surface area contributed by atoms with E-state index in [-0.39, 0.29) is 5.60 Å². The first kappa shape index (κ1) is 18.0.